The van der Waals surface area contributed by atoms with Gasteiger partial charge in [0.2, 0.25) is 0 Å². The van der Waals surface area contributed by atoms with E-state index in [1.165, 1.54) is 366 Å². The van der Waals surface area contributed by atoms with Crippen LogP contribution in [0.4, 0.5) is 0 Å². The van der Waals surface area contributed by atoms with Gasteiger partial charge in [0.1, 0.15) is 0 Å². The standard InChI is InChI=1S/C70H130.2C3H9N/c1-62(66-54-48-42-36-30-24-18-12-7-5-8-13-19-25-31-37-43-49-55-66)64(3)70(61-60-68-58-52-46-40-34-28-22-16-11-17-23-29-35-41-47-53-59-69(68)70)65(4)63(2)67-56-50-44-38-32-26-20-14-9-6-10-15-21-27-33-39-45-51-57-67;2*1-4(2)3/h66-69H,5-61H2,1-4H3;2*1-3H3. The van der Waals surface area contributed by atoms with E-state index in [2.05, 4.69) is 27.7 Å². The Morgan fingerprint density at radius 1 is 0.231 bits per heavy atom. The maximum absolute atomic E-state index is 2.79. The Kier molecular flexibility index (Phi) is 47.9. The second-order valence-corrected chi connectivity index (χ2v) is 28.6. The van der Waals surface area contributed by atoms with Crippen molar-refractivity contribution >= 4 is 0 Å². The van der Waals surface area contributed by atoms with Gasteiger partial charge in [0.15, 0.2) is 0 Å². The van der Waals surface area contributed by atoms with Gasteiger partial charge >= 0.3 is 0 Å². The van der Waals surface area contributed by atoms with Gasteiger partial charge in [-0.05, 0) is 139 Å². The molecule has 0 spiro atoms. The average molecular weight is 1090 g/mol. The van der Waals surface area contributed by atoms with Gasteiger partial charge in [-0.25, -0.2) is 0 Å². The Morgan fingerprint density at radius 2 is 0.397 bits per heavy atom. The molecule has 0 N–H and O–H groups in total. The molecule has 0 aliphatic heterocycles. The Balaban J connectivity index is 0.00000242. The lowest BCUT2D eigenvalue weighted by Gasteiger charge is -2.44. The molecule has 2 unspecified atom stereocenters. The molecule has 0 aromatic heterocycles. The van der Waals surface area contributed by atoms with E-state index in [4.69, 9.17) is 0 Å². The lowest BCUT2D eigenvalue weighted by atomic mass is 9.60. The third kappa shape index (κ3) is 36.2. The monoisotopic (exact) mass is 1090 g/mol. The van der Waals surface area contributed by atoms with Gasteiger partial charge < -0.3 is 9.80 Å². The highest BCUT2D eigenvalue weighted by Crippen LogP contribution is 2.61. The van der Waals surface area contributed by atoms with Crippen LogP contribution in [0.3, 0.4) is 0 Å². The smallest absolute Gasteiger partial charge is 0.0151 e. The van der Waals surface area contributed by atoms with Gasteiger partial charge in [0.25, 0.3) is 0 Å². The zero-order valence-electron chi connectivity index (χ0n) is 56.0. The van der Waals surface area contributed by atoms with Crippen molar-refractivity contribution in [2.75, 3.05) is 42.3 Å². The fraction of sp³-hybridized carbons (Fsp3) is 0.947. The molecular formula is C76H148N2. The zero-order valence-corrected chi connectivity index (χ0v) is 56.0. The highest BCUT2D eigenvalue weighted by Gasteiger charge is 2.51. The summed E-state index contributed by atoms with van der Waals surface area (Å²) in [6.07, 6.45) is 84.5. The van der Waals surface area contributed by atoms with E-state index in [1.807, 2.05) is 74.4 Å². The first kappa shape index (κ1) is 73.5. The summed E-state index contributed by atoms with van der Waals surface area (Å²) < 4.78 is 0. The Bertz CT molecular complexity index is 1250. The van der Waals surface area contributed by atoms with E-state index in [-0.39, 0.29) is 5.41 Å². The Labute approximate surface area is 494 Å². The second kappa shape index (κ2) is 50.9. The van der Waals surface area contributed by atoms with Crippen LogP contribution in [0.15, 0.2) is 22.3 Å². The Morgan fingerprint density at radius 3 is 0.603 bits per heavy atom. The van der Waals surface area contributed by atoms with Gasteiger partial charge in [-0.2, -0.15) is 0 Å². The predicted molar refractivity (Wildman–Crippen MR) is 356 cm³/mol. The molecule has 78 heavy (non-hydrogen) atoms. The molecule has 4 rings (SSSR count). The molecule has 4 fully saturated rings. The van der Waals surface area contributed by atoms with Crippen LogP contribution in [0.5, 0.6) is 0 Å². The normalized spacial score (nSPS) is 27.1. The summed E-state index contributed by atoms with van der Waals surface area (Å²) in [6, 6.07) is 0. The van der Waals surface area contributed by atoms with Crippen LogP contribution in [-0.2, 0) is 0 Å². The maximum atomic E-state index is 2.79. The minimum atomic E-state index is 0.282. The molecule has 0 heterocycles. The van der Waals surface area contributed by atoms with Gasteiger partial charge in [0, 0.05) is 5.41 Å². The van der Waals surface area contributed by atoms with Gasteiger partial charge in [-0.3, -0.25) is 0 Å². The summed E-state index contributed by atoms with van der Waals surface area (Å²) >= 11 is 0. The number of hydrogen-bond donors (Lipinski definition) is 0. The molecule has 0 radical (unpaired) electrons. The van der Waals surface area contributed by atoms with Crippen molar-refractivity contribution in [3.8, 4) is 0 Å². The summed E-state index contributed by atoms with van der Waals surface area (Å²) in [4.78, 5) is 4.00. The van der Waals surface area contributed by atoms with E-state index in [0.717, 1.165) is 23.7 Å². The van der Waals surface area contributed by atoms with Gasteiger partial charge in [0.05, 0.1) is 0 Å². The molecule has 2 atom stereocenters. The molecule has 0 aromatic carbocycles. The van der Waals surface area contributed by atoms with Crippen molar-refractivity contribution in [1.29, 1.82) is 0 Å². The number of fused-ring (bicyclic) bond motifs is 1. The van der Waals surface area contributed by atoms with E-state index < -0.39 is 0 Å². The van der Waals surface area contributed by atoms with Crippen LogP contribution >= 0.6 is 0 Å². The first-order chi connectivity index (χ1) is 38.0. The zero-order chi connectivity index (χ0) is 56.6. The highest BCUT2D eigenvalue weighted by molar-refractivity contribution is 5.38. The molecule has 4 saturated carbocycles. The van der Waals surface area contributed by atoms with Crippen molar-refractivity contribution in [1.82, 2.24) is 9.80 Å². The van der Waals surface area contributed by atoms with E-state index in [9.17, 15) is 0 Å². The van der Waals surface area contributed by atoms with Crippen molar-refractivity contribution in [3.05, 3.63) is 22.3 Å². The van der Waals surface area contributed by atoms with Crippen LogP contribution in [0.25, 0.3) is 0 Å². The quantitative estimate of drug-likeness (QED) is 0.259. The fourth-order valence-electron chi connectivity index (χ4n) is 15.6. The minimum Gasteiger partial charge on any atom is -0.312 e. The summed E-state index contributed by atoms with van der Waals surface area (Å²) in [5.41, 5.74) is 7.90. The van der Waals surface area contributed by atoms with Crippen LogP contribution in [0.1, 0.15) is 394 Å². The van der Waals surface area contributed by atoms with Gasteiger partial charge in [-0.1, -0.05) is 343 Å². The molecule has 4 aliphatic rings. The van der Waals surface area contributed by atoms with Crippen molar-refractivity contribution in [2.45, 2.75) is 394 Å². The minimum absolute atomic E-state index is 0.282. The summed E-state index contributed by atoms with van der Waals surface area (Å²) in [7, 11) is 12.0. The second-order valence-electron chi connectivity index (χ2n) is 28.6. The molecule has 462 valence electrons. The van der Waals surface area contributed by atoms with Gasteiger partial charge in [-0.15, -0.1) is 0 Å². The molecule has 0 saturated heterocycles. The lowest BCUT2D eigenvalue weighted by molar-refractivity contribution is 0.215. The third-order valence-electron chi connectivity index (χ3n) is 20.7. The largest absolute Gasteiger partial charge is 0.312 e. The Hall–Kier alpha value is -0.600. The molecular weight excluding hydrogens is 941 g/mol. The summed E-state index contributed by atoms with van der Waals surface area (Å²) in [5, 5.41) is 0. The first-order valence-corrected chi connectivity index (χ1v) is 36.6. The first-order valence-electron chi connectivity index (χ1n) is 36.6. The molecule has 2 nitrogen and oxygen atoms in total. The summed E-state index contributed by atoms with van der Waals surface area (Å²) in [5.74, 6) is 3.36. The highest BCUT2D eigenvalue weighted by atomic mass is 15.0. The summed E-state index contributed by atoms with van der Waals surface area (Å²) in [6.45, 7) is 11.0. The topological polar surface area (TPSA) is 6.48 Å². The number of nitrogens with zero attached hydrogens (tertiary/aromatic N) is 2. The lowest BCUT2D eigenvalue weighted by Crippen LogP contribution is -2.34. The maximum Gasteiger partial charge on any atom is 0.0151 e. The van der Waals surface area contributed by atoms with E-state index >= 15 is 0 Å². The number of hydrogen-bond acceptors (Lipinski definition) is 2. The van der Waals surface area contributed by atoms with Crippen LogP contribution in [0, 0.1) is 29.1 Å². The fourth-order valence-corrected chi connectivity index (χ4v) is 15.6. The van der Waals surface area contributed by atoms with Crippen molar-refractivity contribution in [3.63, 3.8) is 0 Å². The molecule has 0 bridgehead atoms. The van der Waals surface area contributed by atoms with Crippen LogP contribution < -0.4 is 0 Å². The number of rotatable bonds is 4. The van der Waals surface area contributed by atoms with Crippen LogP contribution in [-0.4, -0.2) is 52.1 Å². The predicted octanol–water partition coefficient (Wildman–Crippen LogP) is 25.8. The SMILES string of the molecule is CC(=C(C)C1(C(C)=C(C)C2CCCCCCCCCCCCCCCCCCC2)CCC2CCCCCCCCCCCCCCCCCC21)C1CCCCCCCCCCCCCCCCCCC1.CN(C)C.CN(C)C. The molecule has 0 amide bonds. The molecule has 2 heteroatoms. The van der Waals surface area contributed by atoms with Crippen LogP contribution in [0.2, 0.25) is 0 Å². The third-order valence-corrected chi connectivity index (χ3v) is 20.7. The van der Waals surface area contributed by atoms with Crippen molar-refractivity contribution < 1.29 is 0 Å². The van der Waals surface area contributed by atoms with E-state index in [1.54, 1.807) is 0 Å². The van der Waals surface area contributed by atoms with Crippen molar-refractivity contribution in [2.24, 2.45) is 29.1 Å². The number of allylic oxidation sites excluding steroid dienone is 4. The molecule has 0 aromatic rings. The molecule has 4 aliphatic carbocycles. The average Bonchev–Trinajstić information content (AvgIpc) is 3.80. The van der Waals surface area contributed by atoms with E-state index in [0.29, 0.717) is 0 Å².